The van der Waals surface area contributed by atoms with Crippen LogP contribution in [0, 0.1) is 0 Å². The number of benzene rings is 7. The van der Waals surface area contributed by atoms with Crippen LogP contribution >= 0.6 is 0 Å². The molecule has 0 aliphatic carbocycles. The Morgan fingerprint density at radius 2 is 1.02 bits per heavy atom. The average Bonchev–Trinajstić information content (AvgIpc) is 3.41. The van der Waals surface area contributed by atoms with Gasteiger partial charge in [0.25, 0.3) is 0 Å². The number of hydrogen-bond acceptors (Lipinski definition) is 2. The molecule has 0 fully saturated rings. The fourth-order valence-electron chi connectivity index (χ4n) is 5.82. The van der Waals surface area contributed by atoms with Crippen LogP contribution in [-0.4, -0.2) is 0 Å². The molecular formula is C38H25NO. The third kappa shape index (κ3) is 3.73. The van der Waals surface area contributed by atoms with E-state index in [9.17, 15) is 0 Å². The molecule has 1 aromatic heterocycles. The summed E-state index contributed by atoms with van der Waals surface area (Å²) in [6.07, 6.45) is 0. The normalized spacial score (nSPS) is 11.5. The Labute approximate surface area is 232 Å². The number of para-hydroxylation sites is 2. The molecule has 0 aliphatic heterocycles. The number of hydrogen-bond donors (Lipinski definition) is 0. The van der Waals surface area contributed by atoms with Crippen molar-refractivity contribution < 1.29 is 4.42 Å². The second kappa shape index (κ2) is 9.14. The maximum absolute atomic E-state index is 6.33. The molecule has 0 saturated heterocycles. The fourth-order valence-corrected chi connectivity index (χ4v) is 5.82. The number of rotatable bonds is 4. The van der Waals surface area contributed by atoms with Crippen molar-refractivity contribution in [3.8, 4) is 11.1 Å². The van der Waals surface area contributed by atoms with Crippen molar-refractivity contribution in [3.05, 3.63) is 152 Å². The van der Waals surface area contributed by atoms with Crippen molar-refractivity contribution in [2.24, 2.45) is 0 Å². The van der Waals surface area contributed by atoms with Crippen molar-refractivity contribution in [1.29, 1.82) is 0 Å². The van der Waals surface area contributed by atoms with Crippen LogP contribution < -0.4 is 4.90 Å². The fraction of sp³-hybridized carbons (Fsp3) is 0. The number of furan rings is 1. The maximum Gasteiger partial charge on any atom is 0.143 e. The van der Waals surface area contributed by atoms with Gasteiger partial charge in [-0.05, 0) is 81.9 Å². The minimum atomic E-state index is 0.925. The van der Waals surface area contributed by atoms with Gasteiger partial charge < -0.3 is 9.32 Å². The summed E-state index contributed by atoms with van der Waals surface area (Å²) in [5, 5.41) is 7.10. The molecule has 188 valence electrons. The van der Waals surface area contributed by atoms with Gasteiger partial charge in [0.1, 0.15) is 11.2 Å². The van der Waals surface area contributed by atoms with Crippen LogP contribution in [0.15, 0.2) is 156 Å². The van der Waals surface area contributed by atoms with Crippen LogP contribution in [-0.2, 0) is 0 Å². The molecule has 2 nitrogen and oxygen atoms in total. The zero-order chi connectivity index (χ0) is 26.5. The molecule has 0 aliphatic rings. The van der Waals surface area contributed by atoms with Gasteiger partial charge in [-0.2, -0.15) is 0 Å². The lowest BCUT2D eigenvalue weighted by Gasteiger charge is -2.26. The summed E-state index contributed by atoms with van der Waals surface area (Å²) in [6, 6.07) is 53.8. The standard InChI is InChI=1S/C38H25NO/c1-2-10-31(11-3-1)39(33-22-18-26-8-4-5-9-29(26)24-33)32-20-16-27(17-21-32)30-15-14-28-19-23-35-34-12-6-7-13-37(34)40-38(35)36(28)25-30/h1-25H. The van der Waals surface area contributed by atoms with E-state index in [0.717, 1.165) is 44.4 Å². The molecule has 0 bridgehead atoms. The minimum Gasteiger partial charge on any atom is -0.455 e. The highest BCUT2D eigenvalue weighted by atomic mass is 16.3. The minimum absolute atomic E-state index is 0.925. The van der Waals surface area contributed by atoms with Crippen molar-refractivity contribution in [2.45, 2.75) is 0 Å². The van der Waals surface area contributed by atoms with E-state index in [1.165, 1.54) is 27.3 Å². The van der Waals surface area contributed by atoms with E-state index in [1.807, 2.05) is 12.1 Å². The summed E-state index contributed by atoms with van der Waals surface area (Å²) in [4.78, 5) is 2.31. The highest BCUT2D eigenvalue weighted by Crippen LogP contribution is 2.38. The Balaban J connectivity index is 1.22. The Morgan fingerprint density at radius 3 is 1.90 bits per heavy atom. The molecular weight excluding hydrogens is 486 g/mol. The first-order valence-electron chi connectivity index (χ1n) is 13.6. The topological polar surface area (TPSA) is 16.4 Å². The van der Waals surface area contributed by atoms with Crippen molar-refractivity contribution >= 4 is 60.5 Å². The van der Waals surface area contributed by atoms with Gasteiger partial charge in [0, 0.05) is 33.2 Å². The first-order chi connectivity index (χ1) is 19.8. The van der Waals surface area contributed by atoms with Gasteiger partial charge in [0.15, 0.2) is 0 Å². The summed E-state index contributed by atoms with van der Waals surface area (Å²) in [5.74, 6) is 0. The van der Waals surface area contributed by atoms with Crippen LogP contribution in [0.2, 0.25) is 0 Å². The molecule has 0 amide bonds. The second-order valence-electron chi connectivity index (χ2n) is 10.2. The maximum atomic E-state index is 6.33. The molecule has 8 rings (SSSR count). The lowest BCUT2D eigenvalue weighted by atomic mass is 9.99. The molecule has 8 aromatic rings. The molecule has 0 saturated carbocycles. The summed E-state index contributed by atoms with van der Waals surface area (Å²) >= 11 is 0. The summed E-state index contributed by atoms with van der Waals surface area (Å²) < 4.78 is 6.33. The molecule has 2 heteroatoms. The number of nitrogens with zero attached hydrogens (tertiary/aromatic N) is 1. The van der Waals surface area contributed by atoms with Crippen molar-refractivity contribution in [2.75, 3.05) is 4.90 Å². The molecule has 0 radical (unpaired) electrons. The van der Waals surface area contributed by atoms with E-state index in [0.29, 0.717) is 0 Å². The zero-order valence-electron chi connectivity index (χ0n) is 21.8. The number of fused-ring (bicyclic) bond motifs is 6. The van der Waals surface area contributed by atoms with Crippen LogP contribution in [0.5, 0.6) is 0 Å². The van der Waals surface area contributed by atoms with Crippen molar-refractivity contribution in [1.82, 2.24) is 0 Å². The van der Waals surface area contributed by atoms with Gasteiger partial charge in [-0.25, -0.2) is 0 Å². The summed E-state index contributed by atoms with van der Waals surface area (Å²) in [5.41, 5.74) is 7.59. The van der Waals surface area contributed by atoms with Gasteiger partial charge in [-0.3, -0.25) is 0 Å². The van der Waals surface area contributed by atoms with E-state index in [4.69, 9.17) is 4.42 Å². The smallest absolute Gasteiger partial charge is 0.143 e. The second-order valence-corrected chi connectivity index (χ2v) is 10.2. The highest BCUT2D eigenvalue weighted by molar-refractivity contribution is 6.15. The molecule has 0 unspecified atom stereocenters. The van der Waals surface area contributed by atoms with Gasteiger partial charge in [-0.1, -0.05) is 97.1 Å². The Hall–Kier alpha value is -5.34. The number of anilines is 3. The Kier molecular flexibility index (Phi) is 5.17. The largest absolute Gasteiger partial charge is 0.455 e. The molecule has 0 spiro atoms. The monoisotopic (exact) mass is 511 g/mol. The van der Waals surface area contributed by atoms with Gasteiger partial charge >= 0.3 is 0 Å². The van der Waals surface area contributed by atoms with E-state index in [2.05, 4.69) is 144 Å². The first-order valence-corrected chi connectivity index (χ1v) is 13.6. The van der Waals surface area contributed by atoms with Gasteiger partial charge in [-0.15, -0.1) is 0 Å². The third-order valence-electron chi connectivity index (χ3n) is 7.83. The van der Waals surface area contributed by atoms with Crippen LogP contribution in [0.1, 0.15) is 0 Å². The summed E-state index contributed by atoms with van der Waals surface area (Å²) in [7, 11) is 0. The predicted molar refractivity (Wildman–Crippen MR) is 169 cm³/mol. The third-order valence-corrected chi connectivity index (χ3v) is 7.83. The SMILES string of the molecule is c1ccc(N(c2ccc(-c3ccc4ccc5c6ccccc6oc5c4c3)cc2)c2ccc3ccccc3c2)cc1. The van der Waals surface area contributed by atoms with Gasteiger partial charge in [0.05, 0.1) is 0 Å². The Bertz CT molecular complexity index is 2160. The van der Waals surface area contributed by atoms with Crippen LogP contribution in [0.4, 0.5) is 17.1 Å². The molecule has 7 aromatic carbocycles. The highest BCUT2D eigenvalue weighted by Gasteiger charge is 2.14. The quantitative estimate of drug-likeness (QED) is 0.234. The lowest BCUT2D eigenvalue weighted by molar-refractivity contribution is 0.672. The van der Waals surface area contributed by atoms with Crippen LogP contribution in [0.3, 0.4) is 0 Å². The molecule has 0 N–H and O–H groups in total. The van der Waals surface area contributed by atoms with Crippen molar-refractivity contribution in [3.63, 3.8) is 0 Å². The molecule has 1 heterocycles. The average molecular weight is 512 g/mol. The first kappa shape index (κ1) is 22.6. The molecule has 40 heavy (non-hydrogen) atoms. The summed E-state index contributed by atoms with van der Waals surface area (Å²) in [6.45, 7) is 0. The van der Waals surface area contributed by atoms with E-state index in [1.54, 1.807) is 0 Å². The van der Waals surface area contributed by atoms with Crippen LogP contribution in [0.25, 0.3) is 54.6 Å². The predicted octanol–water partition coefficient (Wildman–Crippen LogP) is 11.0. The van der Waals surface area contributed by atoms with E-state index in [-0.39, 0.29) is 0 Å². The van der Waals surface area contributed by atoms with E-state index >= 15 is 0 Å². The lowest BCUT2D eigenvalue weighted by Crippen LogP contribution is -2.09. The van der Waals surface area contributed by atoms with Gasteiger partial charge in [0.2, 0.25) is 0 Å². The van der Waals surface area contributed by atoms with E-state index < -0.39 is 0 Å². The Morgan fingerprint density at radius 1 is 0.375 bits per heavy atom. The zero-order valence-corrected chi connectivity index (χ0v) is 21.8. The molecule has 0 atom stereocenters.